The molecule has 4 rings (SSSR count). The van der Waals surface area contributed by atoms with Crippen LogP contribution >= 0.6 is 0 Å². The normalized spacial score (nSPS) is 16.2. The lowest BCUT2D eigenvalue weighted by Crippen LogP contribution is -2.35. The number of anilines is 3. The Labute approximate surface area is 229 Å². The summed E-state index contributed by atoms with van der Waals surface area (Å²) >= 11 is 0. The predicted molar refractivity (Wildman–Crippen MR) is 160 cm³/mol. The van der Waals surface area contributed by atoms with Crippen molar-refractivity contribution in [3.8, 4) is 0 Å². The first-order valence-electron chi connectivity index (χ1n) is 14.2. The van der Waals surface area contributed by atoms with E-state index in [2.05, 4.69) is 106 Å². The number of carbonyl (C=O) groups excluding carboxylic acids is 1. The van der Waals surface area contributed by atoms with E-state index in [0.717, 1.165) is 67.2 Å². The van der Waals surface area contributed by atoms with Crippen LogP contribution in [0.25, 0.3) is 0 Å². The van der Waals surface area contributed by atoms with Crippen molar-refractivity contribution < 1.29 is 9.53 Å². The van der Waals surface area contributed by atoms with Crippen LogP contribution in [-0.2, 0) is 10.3 Å². The van der Waals surface area contributed by atoms with Crippen molar-refractivity contribution >= 4 is 23.0 Å². The van der Waals surface area contributed by atoms with E-state index in [1.54, 1.807) is 0 Å². The van der Waals surface area contributed by atoms with Gasteiger partial charge in [0.05, 0.1) is 5.56 Å². The number of carbonyl (C=O) groups is 1. The molecule has 0 aliphatic carbocycles. The first-order chi connectivity index (χ1) is 18.4. The summed E-state index contributed by atoms with van der Waals surface area (Å²) in [6, 6.07) is 21.1. The fourth-order valence-corrected chi connectivity index (χ4v) is 6.02. The van der Waals surface area contributed by atoms with Gasteiger partial charge in [-0.2, -0.15) is 0 Å². The molecular weight excluding hydrogens is 470 g/mol. The number of rotatable bonds is 11. The summed E-state index contributed by atoms with van der Waals surface area (Å²) in [5.74, 6) is -0.272. The van der Waals surface area contributed by atoms with E-state index in [1.165, 1.54) is 11.4 Å². The van der Waals surface area contributed by atoms with Crippen molar-refractivity contribution in [2.45, 2.75) is 54.1 Å². The average Bonchev–Trinajstić information content (AvgIpc) is 3.24. The minimum Gasteiger partial charge on any atom is -0.440 e. The Kier molecular flexibility index (Phi) is 8.35. The molecule has 0 aromatic heterocycles. The lowest BCUT2D eigenvalue weighted by molar-refractivity contribution is 0.0251. The average molecular weight is 514 g/mol. The Bertz CT molecular complexity index is 1270. The Morgan fingerprint density at radius 2 is 1.16 bits per heavy atom. The zero-order valence-electron chi connectivity index (χ0n) is 24.2. The molecule has 1 heterocycles. The molecule has 0 spiro atoms. The lowest BCUT2D eigenvalue weighted by Gasteiger charge is -2.37. The highest BCUT2D eigenvalue weighted by atomic mass is 16.6. The fraction of sp³-hybridized carbons (Fsp3) is 0.424. The quantitative estimate of drug-likeness (QED) is 0.258. The molecule has 5 nitrogen and oxygen atoms in total. The van der Waals surface area contributed by atoms with Crippen molar-refractivity contribution in [3.05, 3.63) is 88.5 Å². The molecule has 3 aromatic carbocycles. The number of hydrogen-bond acceptors (Lipinski definition) is 5. The number of fused-ring (bicyclic) bond motifs is 1. The van der Waals surface area contributed by atoms with Gasteiger partial charge < -0.3 is 19.4 Å². The second-order valence-electron chi connectivity index (χ2n) is 9.83. The van der Waals surface area contributed by atoms with Crippen molar-refractivity contribution in [3.63, 3.8) is 0 Å². The van der Waals surface area contributed by atoms with E-state index in [9.17, 15) is 4.79 Å². The van der Waals surface area contributed by atoms with Gasteiger partial charge in [0, 0.05) is 73.0 Å². The minimum absolute atomic E-state index is 0.272. The Morgan fingerprint density at radius 1 is 0.632 bits per heavy atom. The molecule has 1 aliphatic heterocycles. The molecule has 0 radical (unpaired) electrons. The van der Waals surface area contributed by atoms with Crippen LogP contribution in [0.1, 0.15) is 74.2 Å². The van der Waals surface area contributed by atoms with E-state index in [-0.39, 0.29) is 5.97 Å². The first kappa shape index (κ1) is 27.6. The number of hydrogen-bond donors (Lipinski definition) is 0. The molecule has 3 aromatic rings. The maximum atomic E-state index is 13.4. The SMILES string of the molecule is CCN(CC)c1ccc(C2(c3ccc(N(CC)CC)cc3N(CC)CC)OC(=O)c3ccccc32)c(C)c1. The van der Waals surface area contributed by atoms with Gasteiger partial charge in [0.1, 0.15) is 0 Å². The molecule has 202 valence electrons. The van der Waals surface area contributed by atoms with Crippen molar-refractivity contribution in [2.75, 3.05) is 54.0 Å². The third kappa shape index (κ3) is 4.53. The highest BCUT2D eigenvalue weighted by molar-refractivity contribution is 5.97. The maximum absolute atomic E-state index is 13.4. The second kappa shape index (κ2) is 11.5. The predicted octanol–water partition coefficient (Wildman–Crippen LogP) is 7.00. The molecule has 0 fully saturated rings. The van der Waals surface area contributed by atoms with Gasteiger partial charge in [0.25, 0.3) is 0 Å². The van der Waals surface area contributed by atoms with Crippen LogP contribution in [0, 0.1) is 6.92 Å². The number of ether oxygens (including phenoxy) is 1. The maximum Gasteiger partial charge on any atom is 0.340 e. The molecule has 0 saturated heterocycles. The van der Waals surface area contributed by atoms with Gasteiger partial charge in [-0.15, -0.1) is 0 Å². The van der Waals surface area contributed by atoms with Crippen LogP contribution in [0.4, 0.5) is 17.1 Å². The monoisotopic (exact) mass is 513 g/mol. The number of benzene rings is 3. The van der Waals surface area contributed by atoms with Gasteiger partial charge in [0.2, 0.25) is 0 Å². The fourth-order valence-electron chi connectivity index (χ4n) is 6.02. The Morgan fingerprint density at radius 3 is 1.71 bits per heavy atom. The largest absolute Gasteiger partial charge is 0.440 e. The smallest absolute Gasteiger partial charge is 0.340 e. The molecule has 0 saturated carbocycles. The van der Waals surface area contributed by atoms with Crippen LogP contribution in [0.5, 0.6) is 0 Å². The zero-order valence-corrected chi connectivity index (χ0v) is 24.2. The number of esters is 1. The zero-order chi connectivity index (χ0) is 27.4. The molecule has 1 unspecified atom stereocenters. The van der Waals surface area contributed by atoms with Crippen LogP contribution < -0.4 is 14.7 Å². The Hall–Kier alpha value is -3.47. The molecule has 5 heteroatoms. The van der Waals surface area contributed by atoms with Crippen LogP contribution in [0.2, 0.25) is 0 Å². The summed E-state index contributed by atoms with van der Waals surface area (Å²) in [6.45, 7) is 20.7. The van der Waals surface area contributed by atoms with E-state index in [4.69, 9.17) is 4.74 Å². The molecular formula is C33H43N3O2. The summed E-state index contributed by atoms with van der Waals surface area (Å²) in [5, 5.41) is 0. The van der Waals surface area contributed by atoms with E-state index in [0.29, 0.717) is 5.56 Å². The topological polar surface area (TPSA) is 36.0 Å². The highest BCUT2D eigenvalue weighted by Gasteiger charge is 2.50. The summed E-state index contributed by atoms with van der Waals surface area (Å²) < 4.78 is 6.57. The van der Waals surface area contributed by atoms with Crippen molar-refractivity contribution in [1.82, 2.24) is 0 Å². The van der Waals surface area contributed by atoms with Gasteiger partial charge in [-0.3, -0.25) is 0 Å². The minimum atomic E-state index is -1.03. The van der Waals surface area contributed by atoms with Gasteiger partial charge >= 0.3 is 5.97 Å². The van der Waals surface area contributed by atoms with Crippen molar-refractivity contribution in [2.24, 2.45) is 0 Å². The van der Waals surface area contributed by atoms with Gasteiger partial charge in [-0.1, -0.05) is 30.3 Å². The summed E-state index contributed by atoms with van der Waals surface area (Å²) in [5.41, 5.74) is 7.12. The second-order valence-corrected chi connectivity index (χ2v) is 9.83. The van der Waals surface area contributed by atoms with Gasteiger partial charge in [0.15, 0.2) is 5.60 Å². The van der Waals surface area contributed by atoms with Crippen molar-refractivity contribution in [1.29, 1.82) is 0 Å². The van der Waals surface area contributed by atoms with Gasteiger partial charge in [-0.25, -0.2) is 4.79 Å². The molecule has 0 amide bonds. The van der Waals surface area contributed by atoms with E-state index < -0.39 is 5.60 Å². The third-order valence-electron chi connectivity index (χ3n) is 8.08. The number of aryl methyl sites for hydroxylation is 1. The molecule has 1 atom stereocenters. The van der Waals surface area contributed by atoms with Crippen LogP contribution in [0.3, 0.4) is 0 Å². The number of nitrogens with zero attached hydrogens (tertiary/aromatic N) is 3. The summed E-state index contributed by atoms with van der Waals surface area (Å²) in [4.78, 5) is 20.5. The summed E-state index contributed by atoms with van der Waals surface area (Å²) in [7, 11) is 0. The highest BCUT2D eigenvalue weighted by Crippen LogP contribution is 2.51. The summed E-state index contributed by atoms with van der Waals surface area (Å²) in [6.07, 6.45) is 0. The van der Waals surface area contributed by atoms with Crippen LogP contribution in [0.15, 0.2) is 60.7 Å². The van der Waals surface area contributed by atoms with Gasteiger partial charge in [-0.05, 0) is 84.4 Å². The lowest BCUT2D eigenvalue weighted by atomic mass is 9.77. The van der Waals surface area contributed by atoms with Crippen LogP contribution in [-0.4, -0.2) is 45.2 Å². The molecule has 38 heavy (non-hydrogen) atoms. The molecule has 1 aliphatic rings. The standard InChI is InChI=1S/C33H43N3O2/c1-8-34(9-2)25-18-20-28(24(7)22-25)33(29-17-15-14-16-27(29)32(37)38-33)30-21-19-26(35(10-3)11-4)23-31(30)36(12-5)13-6/h14-23H,8-13H2,1-7H3. The molecule has 0 N–H and O–H groups in total. The number of cyclic esters (lactones) is 1. The van der Waals surface area contributed by atoms with E-state index >= 15 is 0 Å². The first-order valence-corrected chi connectivity index (χ1v) is 14.2. The third-order valence-corrected chi connectivity index (χ3v) is 8.08. The van der Waals surface area contributed by atoms with E-state index in [1.807, 2.05) is 18.2 Å². The Balaban J connectivity index is 2.05. The molecule has 0 bridgehead atoms.